The molecule has 1 fully saturated rings. The first kappa shape index (κ1) is 12.3. The highest BCUT2D eigenvalue weighted by Crippen LogP contribution is 2.16. The van der Waals surface area contributed by atoms with Crippen LogP contribution in [-0.2, 0) is 6.54 Å². The molecule has 1 aromatic carbocycles. The van der Waals surface area contributed by atoms with Gasteiger partial charge in [-0.15, -0.1) is 0 Å². The maximum absolute atomic E-state index is 5.71. The molecule has 0 radical (unpaired) electrons. The summed E-state index contributed by atoms with van der Waals surface area (Å²) in [6.07, 6.45) is 3.05. The molecule has 0 amide bonds. The lowest BCUT2D eigenvalue weighted by molar-refractivity contribution is 0.313. The van der Waals surface area contributed by atoms with Crippen LogP contribution in [0.1, 0.15) is 12.1 Å². The molecule has 100 valence electrons. The van der Waals surface area contributed by atoms with E-state index in [9.17, 15) is 0 Å². The van der Waals surface area contributed by atoms with E-state index in [0.717, 1.165) is 37.6 Å². The fourth-order valence-electron chi connectivity index (χ4n) is 2.53. The van der Waals surface area contributed by atoms with Crippen LogP contribution in [0.5, 0.6) is 0 Å². The van der Waals surface area contributed by atoms with Crippen molar-refractivity contribution in [2.45, 2.75) is 13.0 Å². The van der Waals surface area contributed by atoms with Crippen LogP contribution in [0.3, 0.4) is 0 Å². The van der Waals surface area contributed by atoms with Gasteiger partial charge >= 0.3 is 0 Å². The Bertz CT molecular complexity index is 522. The molecule has 0 bridgehead atoms. The molecule has 1 atom stereocenters. The molecule has 1 aromatic heterocycles. The summed E-state index contributed by atoms with van der Waals surface area (Å²) in [4.78, 5) is 4.09. The standard InChI is InChI=1S/C14H19N5/c15-8-12-6-7-18(10-12)11-13-9-16-19(17-13)14-4-2-1-3-5-14/h1-5,9,12H,6-8,10-11,15H2. The third-order valence-corrected chi connectivity index (χ3v) is 3.62. The Hall–Kier alpha value is -1.72. The van der Waals surface area contributed by atoms with E-state index < -0.39 is 0 Å². The molecule has 1 saturated heterocycles. The number of nitrogens with zero attached hydrogens (tertiary/aromatic N) is 4. The second-order valence-corrected chi connectivity index (χ2v) is 5.09. The minimum Gasteiger partial charge on any atom is -0.330 e. The van der Waals surface area contributed by atoms with E-state index in [1.165, 1.54) is 6.42 Å². The van der Waals surface area contributed by atoms with Crippen LogP contribution < -0.4 is 5.73 Å². The van der Waals surface area contributed by atoms with Gasteiger partial charge < -0.3 is 5.73 Å². The van der Waals surface area contributed by atoms with Crippen molar-refractivity contribution in [1.29, 1.82) is 0 Å². The molecule has 2 heterocycles. The molecule has 1 aliphatic rings. The highest BCUT2D eigenvalue weighted by molar-refractivity contribution is 5.28. The zero-order chi connectivity index (χ0) is 13.1. The van der Waals surface area contributed by atoms with E-state index in [1.807, 2.05) is 36.5 Å². The van der Waals surface area contributed by atoms with Gasteiger partial charge in [0, 0.05) is 13.1 Å². The molecule has 2 N–H and O–H groups in total. The molecular weight excluding hydrogens is 238 g/mol. The van der Waals surface area contributed by atoms with E-state index in [2.05, 4.69) is 15.1 Å². The second-order valence-electron chi connectivity index (χ2n) is 5.09. The molecule has 0 saturated carbocycles. The average Bonchev–Trinajstić information content (AvgIpc) is 3.09. The molecular formula is C14H19N5. The van der Waals surface area contributed by atoms with E-state index in [0.29, 0.717) is 5.92 Å². The van der Waals surface area contributed by atoms with E-state index >= 15 is 0 Å². The van der Waals surface area contributed by atoms with Crippen molar-refractivity contribution in [2.75, 3.05) is 19.6 Å². The first-order valence-corrected chi connectivity index (χ1v) is 6.74. The van der Waals surface area contributed by atoms with Gasteiger partial charge in [0.25, 0.3) is 0 Å². The Kier molecular flexibility index (Phi) is 3.57. The lowest BCUT2D eigenvalue weighted by Gasteiger charge is -2.13. The third-order valence-electron chi connectivity index (χ3n) is 3.62. The van der Waals surface area contributed by atoms with E-state index in [1.54, 1.807) is 4.80 Å². The normalized spacial score (nSPS) is 19.9. The Balaban J connectivity index is 1.66. The van der Waals surface area contributed by atoms with Gasteiger partial charge in [-0.1, -0.05) is 18.2 Å². The number of aromatic nitrogens is 3. The van der Waals surface area contributed by atoms with Crippen molar-refractivity contribution in [1.82, 2.24) is 19.9 Å². The number of benzene rings is 1. The summed E-state index contributed by atoms with van der Waals surface area (Å²) in [6.45, 7) is 3.84. The summed E-state index contributed by atoms with van der Waals surface area (Å²) in [5.41, 5.74) is 7.72. The number of nitrogens with two attached hydrogens (primary N) is 1. The highest BCUT2D eigenvalue weighted by Gasteiger charge is 2.21. The SMILES string of the molecule is NCC1CCN(Cc2cnn(-c3ccccc3)n2)C1. The predicted molar refractivity (Wildman–Crippen MR) is 73.8 cm³/mol. The van der Waals surface area contributed by atoms with Gasteiger partial charge in [-0.2, -0.15) is 15.0 Å². The zero-order valence-electron chi connectivity index (χ0n) is 10.9. The number of para-hydroxylation sites is 1. The van der Waals surface area contributed by atoms with Crippen molar-refractivity contribution < 1.29 is 0 Å². The number of likely N-dealkylation sites (tertiary alicyclic amines) is 1. The van der Waals surface area contributed by atoms with Crippen molar-refractivity contribution in [3.63, 3.8) is 0 Å². The van der Waals surface area contributed by atoms with Gasteiger partial charge in [0.05, 0.1) is 17.6 Å². The van der Waals surface area contributed by atoms with Crippen LogP contribution in [0.25, 0.3) is 5.69 Å². The van der Waals surface area contributed by atoms with Gasteiger partial charge in [0.1, 0.15) is 0 Å². The molecule has 3 rings (SSSR count). The van der Waals surface area contributed by atoms with E-state index in [-0.39, 0.29) is 0 Å². The Labute approximate surface area is 113 Å². The number of hydrogen-bond donors (Lipinski definition) is 1. The van der Waals surface area contributed by atoms with Gasteiger partial charge in [-0.25, -0.2) is 0 Å². The number of rotatable bonds is 4. The van der Waals surface area contributed by atoms with Gasteiger partial charge in [-0.3, -0.25) is 4.90 Å². The quantitative estimate of drug-likeness (QED) is 0.889. The lowest BCUT2D eigenvalue weighted by atomic mass is 10.1. The second kappa shape index (κ2) is 5.50. The minimum absolute atomic E-state index is 0.643. The molecule has 5 heteroatoms. The maximum Gasteiger partial charge on any atom is 0.0971 e. The van der Waals surface area contributed by atoms with E-state index in [4.69, 9.17) is 5.73 Å². The van der Waals surface area contributed by atoms with Crippen molar-refractivity contribution >= 4 is 0 Å². The molecule has 1 aliphatic heterocycles. The predicted octanol–water partition coefficient (Wildman–Crippen LogP) is 1.05. The van der Waals surface area contributed by atoms with Crippen molar-refractivity contribution in [3.8, 4) is 5.69 Å². The van der Waals surface area contributed by atoms with Crippen LogP contribution in [0.2, 0.25) is 0 Å². The summed E-state index contributed by atoms with van der Waals surface area (Å²) in [7, 11) is 0. The zero-order valence-corrected chi connectivity index (χ0v) is 10.9. The Morgan fingerprint density at radius 3 is 2.84 bits per heavy atom. The first-order valence-electron chi connectivity index (χ1n) is 6.74. The summed E-state index contributed by atoms with van der Waals surface area (Å²) in [6, 6.07) is 9.98. The van der Waals surface area contributed by atoms with Crippen molar-refractivity contribution in [3.05, 3.63) is 42.2 Å². The number of hydrogen-bond acceptors (Lipinski definition) is 4. The van der Waals surface area contributed by atoms with Gasteiger partial charge in [0.2, 0.25) is 0 Å². The fraction of sp³-hybridized carbons (Fsp3) is 0.429. The average molecular weight is 257 g/mol. The fourth-order valence-corrected chi connectivity index (χ4v) is 2.53. The van der Waals surface area contributed by atoms with Crippen molar-refractivity contribution in [2.24, 2.45) is 11.7 Å². The summed E-state index contributed by atoms with van der Waals surface area (Å²) in [5, 5.41) is 8.85. The minimum atomic E-state index is 0.643. The molecule has 1 unspecified atom stereocenters. The molecule has 0 spiro atoms. The monoisotopic (exact) mass is 257 g/mol. The van der Waals surface area contributed by atoms with Crippen LogP contribution in [0.15, 0.2) is 36.5 Å². The molecule has 5 nitrogen and oxygen atoms in total. The highest BCUT2D eigenvalue weighted by atomic mass is 15.5. The van der Waals surface area contributed by atoms with Crippen LogP contribution >= 0.6 is 0 Å². The third kappa shape index (κ3) is 2.83. The van der Waals surface area contributed by atoms with Gasteiger partial charge in [0.15, 0.2) is 0 Å². The molecule has 0 aliphatic carbocycles. The smallest absolute Gasteiger partial charge is 0.0971 e. The van der Waals surface area contributed by atoms with Crippen LogP contribution in [-0.4, -0.2) is 39.5 Å². The van der Waals surface area contributed by atoms with Crippen LogP contribution in [0, 0.1) is 5.92 Å². The summed E-state index contributed by atoms with van der Waals surface area (Å²) in [5.74, 6) is 0.643. The van der Waals surface area contributed by atoms with Crippen LogP contribution in [0.4, 0.5) is 0 Å². The topological polar surface area (TPSA) is 60.0 Å². The molecule has 19 heavy (non-hydrogen) atoms. The summed E-state index contributed by atoms with van der Waals surface area (Å²) < 4.78 is 0. The lowest BCUT2D eigenvalue weighted by Crippen LogP contribution is -2.23. The largest absolute Gasteiger partial charge is 0.330 e. The summed E-state index contributed by atoms with van der Waals surface area (Å²) >= 11 is 0. The first-order chi connectivity index (χ1) is 9.35. The Morgan fingerprint density at radius 1 is 1.26 bits per heavy atom. The van der Waals surface area contributed by atoms with Gasteiger partial charge in [-0.05, 0) is 37.6 Å². The Morgan fingerprint density at radius 2 is 2.11 bits per heavy atom. The maximum atomic E-state index is 5.71. The molecule has 2 aromatic rings.